The Morgan fingerprint density at radius 1 is 0.842 bits per heavy atom. The quantitative estimate of drug-likeness (QED) is 0.550. The van der Waals surface area contributed by atoms with Crippen molar-refractivity contribution in [2.24, 2.45) is 5.41 Å². The zero-order valence-corrected chi connectivity index (χ0v) is 12.5. The molecule has 0 unspecified atom stereocenters. The molecule has 0 amide bonds. The lowest BCUT2D eigenvalue weighted by Gasteiger charge is -2.24. The van der Waals surface area contributed by atoms with E-state index in [0.29, 0.717) is 0 Å². The molecule has 0 fully saturated rings. The lowest BCUT2D eigenvalue weighted by molar-refractivity contribution is 0.576. The predicted molar refractivity (Wildman–Crippen MR) is 87.0 cm³/mol. The van der Waals surface area contributed by atoms with Crippen molar-refractivity contribution in [3.05, 3.63) is 84.1 Å². The first-order valence-corrected chi connectivity index (χ1v) is 6.71. The van der Waals surface area contributed by atoms with Gasteiger partial charge in [0, 0.05) is 5.41 Å². The Morgan fingerprint density at radius 3 is 1.89 bits per heavy atom. The molecular formula is C19H24. The second-order valence-corrected chi connectivity index (χ2v) is 5.08. The van der Waals surface area contributed by atoms with Crippen LogP contribution in [0.1, 0.15) is 27.7 Å². The van der Waals surface area contributed by atoms with Gasteiger partial charge in [0.25, 0.3) is 0 Å². The summed E-state index contributed by atoms with van der Waals surface area (Å²) < 4.78 is 0. The van der Waals surface area contributed by atoms with E-state index in [2.05, 4.69) is 64.3 Å². The molecule has 0 saturated carbocycles. The highest BCUT2D eigenvalue weighted by Crippen LogP contribution is 2.48. The Kier molecular flexibility index (Phi) is 5.11. The standard InChI is InChI=1S/C19H24/c1-7-11-14-16-15(12-8-2)17(10-4)19(5,6)18(16)13-9-3/h7-14H,1,4H2,2-3,5-6H3/b12-8-,13-9+,14-11-. The lowest BCUT2D eigenvalue weighted by Crippen LogP contribution is -2.12. The number of allylic oxidation sites excluding steroid dienone is 12. The van der Waals surface area contributed by atoms with E-state index >= 15 is 0 Å². The van der Waals surface area contributed by atoms with Crippen molar-refractivity contribution in [2.75, 3.05) is 0 Å². The molecule has 0 aromatic carbocycles. The van der Waals surface area contributed by atoms with Crippen LogP contribution in [0.2, 0.25) is 0 Å². The Hall–Kier alpha value is -1.82. The van der Waals surface area contributed by atoms with Gasteiger partial charge in [0.2, 0.25) is 0 Å². The minimum Gasteiger partial charge on any atom is -0.0991 e. The molecule has 1 aliphatic rings. The van der Waals surface area contributed by atoms with Crippen LogP contribution >= 0.6 is 0 Å². The van der Waals surface area contributed by atoms with E-state index < -0.39 is 0 Å². The summed E-state index contributed by atoms with van der Waals surface area (Å²) in [5, 5.41) is 0. The molecule has 1 rings (SSSR count). The molecule has 100 valence electrons. The molecule has 0 heteroatoms. The van der Waals surface area contributed by atoms with Crippen molar-refractivity contribution in [3.63, 3.8) is 0 Å². The van der Waals surface area contributed by atoms with Crippen molar-refractivity contribution < 1.29 is 0 Å². The third kappa shape index (κ3) is 2.78. The number of rotatable bonds is 5. The van der Waals surface area contributed by atoms with E-state index in [1.165, 1.54) is 22.3 Å². The molecule has 19 heavy (non-hydrogen) atoms. The number of hydrogen-bond acceptors (Lipinski definition) is 0. The van der Waals surface area contributed by atoms with Gasteiger partial charge in [0.05, 0.1) is 0 Å². The van der Waals surface area contributed by atoms with Gasteiger partial charge in [-0.3, -0.25) is 0 Å². The van der Waals surface area contributed by atoms with Crippen molar-refractivity contribution in [2.45, 2.75) is 27.7 Å². The summed E-state index contributed by atoms with van der Waals surface area (Å²) in [4.78, 5) is 0. The van der Waals surface area contributed by atoms with Gasteiger partial charge in [0.1, 0.15) is 0 Å². The lowest BCUT2D eigenvalue weighted by atomic mass is 9.80. The van der Waals surface area contributed by atoms with Crippen molar-refractivity contribution in [1.82, 2.24) is 0 Å². The minimum absolute atomic E-state index is 0.00997. The molecule has 1 aliphatic carbocycles. The third-order valence-electron chi connectivity index (χ3n) is 3.49. The van der Waals surface area contributed by atoms with Gasteiger partial charge in [-0.2, -0.15) is 0 Å². The van der Waals surface area contributed by atoms with Gasteiger partial charge >= 0.3 is 0 Å². The van der Waals surface area contributed by atoms with Gasteiger partial charge in [-0.25, -0.2) is 0 Å². The van der Waals surface area contributed by atoms with Gasteiger partial charge in [0.15, 0.2) is 0 Å². The molecule has 0 atom stereocenters. The van der Waals surface area contributed by atoms with E-state index in [-0.39, 0.29) is 5.41 Å². The first kappa shape index (κ1) is 15.2. The van der Waals surface area contributed by atoms with Crippen molar-refractivity contribution in [3.8, 4) is 0 Å². The van der Waals surface area contributed by atoms with Gasteiger partial charge in [-0.05, 0) is 36.1 Å². The van der Waals surface area contributed by atoms with Crippen LogP contribution in [-0.2, 0) is 0 Å². The van der Waals surface area contributed by atoms with E-state index in [9.17, 15) is 0 Å². The predicted octanol–water partition coefficient (Wildman–Crippen LogP) is 5.70. The highest BCUT2D eigenvalue weighted by molar-refractivity contribution is 5.66. The second kappa shape index (κ2) is 6.38. The van der Waals surface area contributed by atoms with Crippen LogP contribution < -0.4 is 0 Å². The fourth-order valence-corrected chi connectivity index (χ4v) is 2.63. The normalized spacial score (nSPS) is 19.4. The van der Waals surface area contributed by atoms with Crippen LogP contribution in [0.5, 0.6) is 0 Å². The van der Waals surface area contributed by atoms with Crippen LogP contribution in [-0.4, -0.2) is 0 Å². The Labute approximate surface area is 117 Å². The molecule has 0 heterocycles. The number of hydrogen-bond donors (Lipinski definition) is 0. The van der Waals surface area contributed by atoms with Crippen molar-refractivity contribution >= 4 is 0 Å². The highest BCUT2D eigenvalue weighted by atomic mass is 14.4. The molecule has 0 radical (unpaired) electrons. The smallest absolute Gasteiger partial charge is 0.0158 e. The average Bonchev–Trinajstić information content (AvgIpc) is 2.56. The van der Waals surface area contributed by atoms with E-state index in [1.54, 1.807) is 0 Å². The minimum atomic E-state index is -0.00997. The Morgan fingerprint density at radius 2 is 1.42 bits per heavy atom. The van der Waals surface area contributed by atoms with E-state index in [0.717, 1.165) is 0 Å². The summed E-state index contributed by atoms with van der Waals surface area (Å²) in [5.74, 6) is 0. The van der Waals surface area contributed by atoms with Crippen LogP contribution in [0.4, 0.5) is 0 Å². The van der Waals surface area contributed by atoms with Crippen LogP contribution in [0, 0.1) is 5.41 Å². The maximum absolute atomic E-state index is 3.99. The average molecular weight is 252 g/mol. The monoisotopic (exact) mass is 252 g/mol. The molecule has 0 aromatic heterocycles. The largest absolute Gasteiger partial charge is 0.0991 e. The van der Waals surface area contributed by atoms with Crippen LogP contribution in [0.15, 0.2) is 84.1 Å². The summed E-state index contributed by atoms with van der Waals surface area (Å²) in [5.41, 5.74) is 5.12. The first-order chi connectivity index (χ1) is 9.04. The molecule has 0 aliphatic heterocycles. The SMILES string of the molecule is C=C/C=C\C1=C(/C=C/C)C(C)(C)C(C=C)=C1/C=C\C. The second-order valence-electron chi connectivity index (χ2n) is 5.08. The topological polar surface area (TPSA) is 0 Å². The zero-order chi connectivity index (χ0) is 14.5. The summed E-state index contributed by atoms with van der Waals surface area (Å²) >= 11 is 0. The molecule has 0 aromatic rings. The zero-order valence-electron chi connectivity index (χ0n) is 12.5. The van der Waals surface area contributed by atoms with Gasteiger partial charge < -0.3 is 0 Å². The van der Waals surface area contributed by atoms with Crippen LogP contribution in [0.25, 0.3) is 0 Å². The summed E-state index contributed by atoms with van der Waals surface area (Å²) in [6.45, 7) is 16.3. The Bertz CT molecular complexity index is 514. The summed E-state index contributed by atoms with van der Waals surface area (Å²) in [6, 6.07) is 0. The Balaban J connectivity index is 3.61. The summed E-state index contributed by atoms with van der Waals surface area (Å²) in [6.07, 6.45) is 16.5. The fourth-order valence-electron chi connectivity index (χ4n) is 2.63. The maximum atomic E-state index is 3.99. The summed E-state index contributed by atoms with van der Waals surface area (Å²) in [7, 11) is 0. The molecule has 0 spiro atoms. The fraction of sp³-hybridized carbons (Fsp3) is 0.263. The van der Waals surface area contributed by atoms with Crippen LogP contribution in [0.3, 0.4) is 0 Å². The van der Waals surface area contributed by atoms with Gasteiger partial charge in [-0.15, -0.1) is 0 Å². The molecule has 0 saturated heterocycles. The van der Waals surface area contributed by atoms with E-state index in [1.807, 2.05) is 25.2 Å². The molecular weight excluding hydrogens is 228 g/mol. The molecule has 0 nitrogen and oxygen atoms in total. The van der Waals surface area contributed by atoms with E-state index in [4.69, 9.17) is 0 Å². The van der Waals surface area contributed by atoms with Crippen molar-refractivity contribution in [1.29, 1.82) is 0 Å². The highest BCUT2D eigenvalue weighted by Gasteiger charge is 2.35. The first-order valence-electron chi connectivity index (χ1n) is 6.71. The molecule has 0 bridgehead atoms. The third-order valence-corrected chi connectivity index (χ3v) is 3.49. The maximum Gasteiger partial charge on any atom is 0.0158 e. The molecule has 0 N–H and O–H groups in total. The van der Waals surface area contributed by atoms with Gasteiger partial charge in [-0.1, -0.05) is 75.6 Å².